The highest BCUT2D eigenvalue weighted by Crippen LogP contribution is 2.60. The van der Waals surface area contributed by atoms with Crippen molar-refractivity contribution < 1.29 is 22.3 Å². The number of pyridine rings is 1. The predicted octanol–water partition coefficient (Wildman–Crippen LogP) is 9.59. The van der Waals surface area contributed by atoms with Crippen molar-refractivity contribution in [3.8, 4) is 0 Å². The van der Waals surface area contributed by atoms with Crippen LogP contribution in [-0.4, -0.2) is 13.3 Å². The van der Waals surface area contributed by atoms with Gasteiger partial charge in [-0.05, 0) is 78.9 Å². The van der Waals surface area contributed by atoms with Gasteiger partial charge in [0.2, 0.25) is 0 Å². The summed E-state index contributed by atoms with van der Waals surface area (Å²) in [6.45, 7) is 18.2. The van der Waals surface area contributed by atoms with E-state index in [1.807, 2.05) is 0 Å². The summed E-state index contributed by atoms with van der Waals surface area (Å²) in [6.07, 6.45) is 1.72. The summed E-state index contributed by atoms with van der Waals surface area (Å²) < 4.78 is 54.3. The number of aryl methyl sites for hydroxylation is 1. The maximum absolute atomic E-state index is 13.4. The van der Waals surface area contributed by atoms with E-state index in [4.69, 9.17) is 14.1 Å². The van der Waals surface area contributed by atoms with Gasteiger partial charge in [0, 0.05) is 22.5 Å². The number of benzene rings is 1. The fourth-order valence-electron chi connectivity index (χ4n) is 6.74. The molecule has 1 aliphatic heterocycles. The molecule has 2 aromatic rings. The summed E-state index contributed by atoms with van der Waals surface area (Å²) >= 11 is 0. The van der Waals surface area contributed by atoms with Gasteiger partial charge in [0.15, 0.2) is 8.32 Å². The van der Waals surface area contributed by atoms with E-state index in [9.17, 15) is 13.2 Å². The highest BCUT2D eigenvalue weighted by Gasteiger charge is 2.53. The van der Waals surface area contributed by atoms with Gasteiger partial charge in [0.1, 0.15) is 6.10 Å². The van der Waals surface area contributed by atoms with Crippen LogP contribution in [0.2, 0.25) is 18.1 Å². The van der Waals surface area contributed by atoms with Crippen molar-refractivity contribution in [1.29, 1.82) is 0 Å². The molecular formula is C32H44F3NO2Si. The van der Waals surface area contributed by atoms with Gasteiger partial charge in [0.05, 0.1) is 17.3 Å². The van der Waals surface area contributed by atoms with Gasteiger partial charge in [-0.1, -0.05) is 66.5 Å². The lowest BCUT2D eigenvalue weighted by molar-refractivity contribution is -0.137. The molecule has 0 bridgehead atoms. The number of halogens is 3. The highest BCUT2D eigenvalue weighted by atomic mass is 28.4. The maximum Gasteiger partial charge on any atom is 0.416 e. The summed E-state index contributed by atoms with van der Waals surface area (Å²) in [4.78, 5) is 5.30. The zero-order valence-corrected chi connectivity index (χ0v) is 25.8. The molecule has 1 aromatic carbocycles. The van der Waals surface area contributed by atoms with Crippen molar-refractivity contribution >= 4 is 8.32 Å². The van der Waals surface area contributed by atoms with E-state index in [2.05, 4.69) is 54.6 Å². The Bertz CT molecular complexity index is 1240. The van der Waals surface area contributed by atoms with Gasteiger partial charge in [0.25, 0.3) is 0 Å². The molecule has 1 fully saturated rings. The largest absolute Gasteiger partial charge is 0.416 e. The molecule has 2 atom stereocenters. The minimum Gasteiger partial charge on any atom is -0.410 e. The van der Waals surface area contributed by atoms with Crippen LogP contribution < -0.4 is 0 Å². The molecule has 3 nitrogen and oxygen atoms in total. The molecule has 2 heterocycles. The van der Waals surface area contributed by atoms with Gasteiger partial charge >= 0.3 is 6.18 Å². The average Bonchev–Trinajstić information content (AvgIpc) is 3.42. The second-order valence-corrected chi connectivity index (χ2v) is 19.0. The van der Waals surface area contributed by atoms with Crippen LogP contribution in [0.5, 0.6) is 0 Å². The molecule has 0 radical (unpaired) electrons. The lowest BCUT2D eigenvalue weighted by atomic mass is 9.71. The Morgan fingerprint density at radius 2 is 1.64 bits per heavy atom. The molecule has 39 heavy (non-hydrogen) atoms. The first-order valence-corrected chi connectivity index (χ1v) is 17.5. The summed E-state index contributed by atoms with van der Waals surface area (Å²) in [5.74, 6) is 0. The van der Waals surface area contributed by atoms with Gasteiger partial charge in [-0.25, -0.2) is 0 Å². The Labute approximate surface area is 233 Å². The lowest BCUT2D eigenvalue weighted by Crippen LogP contribution is -2.44. The molecule has 2 aliphatic carbocycles. The van der Waals surface area contributed by atoms with Crippen molar-refractivity contribution in [3.63, 3.8) is 0 Å². The third-order valence-corrected chi connectivity index (χ3v) is 14.2. The molecule has 1 saturated carbocycles. The van der Waals surface area contributed by atoms with E-state index in [0.717, 1.165) is 67.5 Å². The molecule has 1 spiro atoms. The smallest absolute Gasteiger partial charge is 0.410 e. The third kappa shape index (κ3) is 5.01. The van der Waals surface area contributed by atoms with Crippen molar-refractivity contribution in [2.75, 3.05) is 0 Å². The molecule has 1 aromatic heterocycles. The van der Waals surface area contributed by atoms with E-state index in [0.29, 0.717) is 0 Å². The molecule has 0 saturated heterocycles. The van der Waals surface area contributed by atoms with Crippen LogP contribution in [0.3, 0.4) is 0 Å². The number of alkyl halides is 3. The minimum absolute atomic E-state index is 0.0570. The first-order valence-electron chi connectivity index (χ1n) is 14.6. The molecule has 0 unspecified atom stereocenters. The second-order valence-electron chi connectivity index (χ2n) is 14.3. The number of hydrogen-bond acceptors (Lipinski definition) is 3. The summed E-state index contributed by atoms with van der Waals surface area (Å²) in [5, 5.41) is 0.0685. The zero-order valence-electron chi connectivity index (χ0n) is 24.8. The fourth-order valence-corrected chi connectivity index (χ4v) is 8.01. The van der Waals surface area contributed by atoms with Crippen molar-refractivity contribution in [3.05, 3.63) is 63.5 Å². The molecular weight excluding hydrogens is 515 g/mol. The Balaban J connectivity index is 1.72. The molecule has 7 heteroatoms. The molecule has 0 amide bonds. The van der Waals surface area contributed by atoms with Crippen LogP contribution >= 0.6 is 0 Å². The van der Waals surface area contributed by atoms with Crippen LogP contribution in [0.1, 0.15) is 125 Å². The van der Waals surface area contributed by atoms with E-state index in [1.54, 1.807) is 12.1 Å². The van der Waals surface area contributed by atoms with Crippen LogP contribution in [0, 0.1) is 5.41 Å². The molecule has 214 valence electrons. The van der Waals surface area contributed by atoms with Gasteiger partial charge in [-0.15, -0.1) is 0 Å². The predicted molar refractivity (Wildman–Crippen MR) is 151 cm³/mol. The number of nitrogens with zero attached hydrogens (tertiary/aromatic N) is 1. The lowest BCUT2D eigenvalue weighted by Gasteiger charge is -2.45. The number of aromatic nitrogens is 1. The normalized spacial score (nSPS) is 24.2. The molecule has 0 N–H and O–H groups in total. The Morgan fingerprint density at radius 3 is 2.18 bits per heavy atom. The Hall–Kier alpha value is -1.70. The van der Waals surface area contributed by atoms with Gasteiger partial charge in [-0.2, -0.15) is 13.2 Å². The topological polar surface area (TPSA) is 31.4 Å². The fraction of sp³-hybridized carbons (Fsp3) is 0.656. The summed E-state index contributed by atoms with van der Waals surface area (Å²) in [5.41, 5.74) is 5.47. The molecule has 3 aliphatic rings. The Morgan fingerprint density at radius 1 is 1.03 bits per heavy atom. The van der Waals surface area contributed by atoms with E-state index in [-0.39, 0.29) is 16.6 Å². The second kappa shape index (κ2) is 9.42. The number of fused-ring (bicyclic) bond motifs is 4. The van der Waals surface area contributed by atoms with Crippen molar-refractivity contribution in [2.24, 2.45) is 5.41 Å². The monoisotopic (exact) mass is 559 g/mol. The van der Waals surface area contributed by atoms with Crippen LogP contribution in [0.25, 0.3) is 0 Å². The van der Waals surface area contributed by atoms with E-state index >= 15 is 0 Å². The van der Waals surface area contributed by atoms with Crippen LogP contribution in [0.15, 0.2) is 24.3 Å². The minimum atomic E-state index is -4.37. The van der Waals surface area contributed by atoms with Gasteiger partial charge < -0.3 is 9.16 Å². The number of ether oxygens (including phenoxy) is 1. The van der Waals surface area contributed by atoms with Crippen LogP contribution in [0.4, 0.5) is 13.2 Å². The quantitative estimate of drug-likeness (QED) is 0.350. The Kier molecular flexibility index (Phi) is 6.96. The summed E-state index contributed by atoms with van der Waals surface area (Å²) in [7, 11) is -2.11. The first kappa shape index (κ1) is 28.8. The van der Waals surface area contributed by atoms with E-state index in [1.165, 1.54) is 23.3 Å². The standard InChI is InChI=1S/C32H44F3NO2Si/c1-9-22-26-27(25-23(36-22)18-30(5,6)19-24(25)38-39(7,8)29(2,3)4)31(16-10-11-17-31)37-28(26)20-12-14-21(15-13-20)32(33,34)35/h12-15,24,28H,9-11,16-19H2,1-8H3/t24-,28+/m0/s1. The number of rotatable bonds is 4. The van der Waals surface area contributed by atoms with Crippen molar-refractivity contribution in [1.82, 2.24) is 4.98 Å². The SMILES string of the molecule is CCc1nc2c(c3c1[C@@H](c1ccc(C(F)(F)F)cc1)OC31CCCC1)[C@@H](O[Si](C)(C)C(C)(C)C)CC(C)(C)C2. The van der Waals surface area contributed by atoms with Crippen molar-refractivity contribution in [2.45, 2.75) is 129 Å². The summed E-state index contributed by atoms with van der Waals surface area (Å²) in [6, 6.07) is 5.55. The van der Waals surface area contributed by atoms with Gasteiger partial charge in [-0.3, -0.25) is 4.98 Å². The third-order valence-electron chi connectivity index (χ3n) is 9.73. The zero-order chi connectivity index (χ0) is 28.6. The number of hydrogen-bond donors (Lipinski definition) is 0. The highest BCUT2D eigenvalue weighted by molar-refractivity contribution is 6.74. The first-order chi connectivity index (χ1) is 18.0. The van der Waals surface area contributed by atoms with Crippen LogP contribution in [-0.2, 0) is 33.8 Å². The molecule has 5 rings (SSSR count). The average molecular weight is 560 g/mol. The van der Waals surface area contributed by atoms with E-state index < -0.39 is 31.8 Å². The maximum atomic E-state index is 13.4.